The van der Waals surface area contributed by atoms with Gasteiger partial charge in [-0.1, -0.05) is 0 Å². The summed E-state index contributed by atoms with van der Waals surface area (Å²) in [4.78, 5) is 8.99. The number of hydrogen-bond acceptors (Lipinski definition) is 5. The third kappa shape index (κ3) is 2.04. The van der Waals surface area contributed by atoms with Crippen molar-refractivity contribution in [3.05, 3.63) is 10.1 Å². The van der Waals surface area contributed by atoms with Crippen molar-refractivity contribution in [3.8, 4) is 0 Å². The van der Waals surface area contributed by atoms with Crippen molar-refractivity contribution in [2.24, 2.45) is 0 Å². The van der Waals surface area contributed by atoms with Gasteiger partial charge in [-0.15, -0.1) is 5.10 Å². The van der Waals surface area contributed by atoms with Gasteiger partial charge in [-0.05, 0) is 4.92 Å². The predicted molar refractivity (Wildman–Crippen MR) is 28.0 cm³/mol. The molecule has 0 spiro atoms. The molecule has 0 amide bonds. The molecule has 0 fully saturated rings. The van der Waals surface area contributed by atoms with E-state index in [1.807, 2.05) is 5.10 Å². The van der Waals surface area contributed by atoms with Crippen molar-refractivity contribution in [1.82, 2.24) is 20.6 Å². The van der Waals surface area contributed by atoms with Gasteiger partial charge in [0.15, 0.2) is 0 Å². The number of H-pyrrole nitrogens is 1. The quantitative estimate of drug-likeness (QED) is 0.289. The Morgan fingerprint density at radius 1 is 1.67 bits per heavy atom. The molecule has 0 saturated carbocycles. The van der Waals surface area contributed by atoms with E-state index in [2.05, 4.69) is 15.5 Å². The molecule has 0 aromatic carbocycles. The van der Waals surface area contributed by atoms with Crippen LogP contribution in [0.5, 0.6) is 0 Å². The Labute approximate surface area is 71.3 Å². The van der Waals surface area contributed by atoms with Crippen LogP contribution in [0.15, 0.2) is 0 Å². The van der Waals surface area contributed by atoms with E-state index in [-0.39, 0.29) is 29.6 Å². The summed E-state index contributed by atoms with van der Waals surface area (Å²) >= 11 is 0. The molecule has 1 aromatic rings. The fourth-order valence-corrected chi connectivity index (χ4v) is 0.232. The molecule has 0 aliphatic heterocycles. The molecular weight excluding hydrogens is 137 g/mol. The molecule has 0 bridgehead atoms. The second-order valence-corrected chi connectivity index (χ2v) is 0.982. The van der Waals surface area contributed by atoms with Gasteiger partial charge in [0, 0.05) is 5.21 Å². The molecule has 1 rings (SSSR count). The summed E-state index contributed by atoms with van der Waals surface area (Å²) in [5.74, 6) is -0.440. The monoisotopic (exact) mass is 139 g/mol. The summed E-state index contributed by atoms with van der Waals surface area (Å²) < 4.78 is 0. The van der Waals surface area contributed by atoms with Gasteiger partial charge >= 0.3 is 35.5 Å². The van der Waals surface area contributed by atoms with E-state index in [9.17, 15) is 10.1 Å². The average Bonchev–Trinajstić information content (AvgIpc) is 2.12. The fraction of sp³-hybridized carbons (Fsp3) is 0. The van der Waals surface area contributed by atoms with E-state index < -0.39 is 10.9 Å². The summed E-state index contributed by atoms with van der Waals surface area (Å²) in [5, 5.41) is 20.6. The van der Waals surface area contributed by atoms with Crippen molar-refractivity contribution in [2.75, 3.05) is 0 Å². The molecular formula is CH2N5NaO2. The Morgan fingerprint density at radius 2 is 2.33 bits per heavy atom. The third-order valence-corrected chi connectivity index (χ3v) is 0.507. The van der Waals surface area contributed by atoms with Gasteiger partial charge in [-0.25, -0.2) is 0 Å². The summed E-state index contributed by atoms with van der Waals surface area (Å²) in [5.41, 5.74) is 0. The minimum atomic E-state index is -0.708. The zero-order valence-corrected chi connectivity index (χ0v) is 3.61. The van der Waals surface area contributed by atoms with Crippen molar-refractivity contribution in [1.29, 1.82) is 0 Å². The van der Waals surface area contributed by atoms with E-state index in [4.69, 9.17) is 0 Å². The van der Waals surface area contributed by atoms with Gasteiger partial charge in [0.25, 0.3) is 0 Å². The van der Waals surface area contributed by atoms with Gasteiger partial charge < -0.3 is 10.1 Å². The molecule has 1 N–H and O–H groups in total. The molecule has 7 nitrogen and oxygen atoms in total. The van der Waals surface area contributed by atoms with E-state index in [0.29, 0.717) is 0 Å². The number of rotatable bonds is 1. The average molecular weight is 139 g/mol. The van der Waals surface area contributed by atoms with Crippen LogP contribution >= 0.6 is 0 Å². The third-order valence-electron chi connectivity index (χ3n) is 0.507. The summed E-state index contributed by atoms with van der Waals surface area (Å²) in [7, 11) is 0. The Kier molecular flexibility index (Phi) is 3.28. The van der Waals surface area contributed by atoms with Gasteiger partial charge in [-0.3, -0.25) is 0 Å². The number of nitro groups is 1. The first-order valence-corrected chi connectivity index (χ1v) is 1.69. The second-order valence-electron chi connectivity index (χ2n) is 0.982. The maximum atomic E-state index is 9.69. The predicted octanol–water partition coefficient (Wildman–Crippen LogP) is -1.54. The van der Waals surface area contributed by atoms with Crippen molar-refractivity contribution >= 4 is 35.5 Å². The van der Waals surface area contributed by atoms with Gasteiger partial charge in [-0.2, -0.15) is 0 Å². The first-order chi connectivity index (χ1) is 3.80. The minimum absolute atomic E-state index is 0. The zero-order valence-electron chi connectivity index (χ0n) is 3.61. The van der Waals surface area contributed by atoms with Crippen LogP contribution < -0.4 is 0 Å². The first kappa shape index (κ1) is 8.47. The van der Waals surface area contributed by atoms with Crippen LogP contribution in [0.4, 0.5) is 5.95 Å². The first-order valence-electron chi connectivity index (χ1n) is 1.69. The number of nitrogens with zero attached hydrogens (tertiary/aromatic N) is 4. The number of hydrogen-bond donors (Lipinski definition) is 1. The van der Waals surface area contributed by atoms with Gasteiger partial charge in [0.2, 0.25) is 0 Å². The Morgan fingerprint density at radius 3 is 2.56 bits per heavy atom. The number of aromatic amines is 1. The molecule has 0 aliphatic carbocycles. The van der Waals surface area contributed by atoms with Crippen LogP contribution in [0.3, 0.4) is 0 Å². The van der Waals surface area contributed by atoms with E-state index >= 15 is 0 Å². The Hall–Kier alpha value is -0.530. The van der Waals surface area contributed by atoms with Gasteiger partial charge in [0.1, 0.15) is 0 Å². The summed E-state index contributed by atoms with van der Waals surface area (Å²) in [6, 6.07) is 0. The maximum absolute atomic E-state index is 9.69. The molecule has 0 saturated heterocycles. The molecule has 44 valence electrons. The summed E-state index contributed by atoms with van der Waals surface area (Å²) in [6.45, 7) is 0. The van der Waals surface area contributed by atoms with E-state index in [0.717, 1.165) is 0 Å². The molecule has 1 heterocycles. The number of nitrogens with one attached hydrogen (secondary N) is 1. The molecule has 0 unspecified atom stereocenters. The van der Waals surface area contributed by atoms with E-state index in [1.54, 1.807) is 0 Å². The molecule has 0 atom stereocenters. The molecule has 0 radical (unpaired) electrons. The van der Waals surface area contributed by atoms with Gasteiger partial charge in [0.05, 0.1) is 10.3 Å². The Balaban J connectivity index is 0.000000640. The van der Waals surface area contributed by atoms with Crippen LogP contribution in [-0.4, -0.2) is 55.1 Å². The Bertz CT molecular complexity index is 183. The van der Waals surface area contributed by atoms with Crippen LogP contribution in [0.25, 0.3) is 0 Å². The molecule has 0 aliphatic rings. The number of aromatic nitrogens is 4. The molecule has 9 heavy (non-hydrogen) atoms. The topological polar surface area (TPSA) is 97.6 Å². The van der Waals surface area contributed by atoms with Crippen LogP contribution in [0, 0.1) is 10.1 Å². The van der Waals surface area contributed by atoms with Crippen molar-refractivity contribution < 1.29 is 4.92 Å². The van der Waals surface area contributed by atoms with E-state index in [1.165, 1.54) is 0 Å². The van der Waals surface area contributed by atoms with Crippen LogP contribution in [-0.2, 0) is 0 Å². The zero-order chi connectivity index (χ0) is 5.98. The van der Waals surface area contributed by atoms with Crippen LogP contribution in [0.2, 0.25) is 0 Å². The SMILES string of the molecule is O=[N+]([O-])c1nnn[nH]1.[NaH]. The number of tetrazole rings is 1. The van der Waals surface area contributed by atoms with Crippen molar-refractivity contribution in [2.45, 2.75) is 0 Å². The fourth-order valence-electron chi connectivity index (χ4n) is 0.232. The standard InChI is InChI=1S/CHN5O2.Na.H/c7-6(8)1-2-4-5-3-1;;/h(H,2,3,4,5);;. The summed E-state index contributed by atoms with van der Waals surface area (Å²) in [6.07, 6.45) is 0. The molecule has 1 aromatic heterocycles. The normalized spacial score (nSPS) is 8.00. The van der Waals surface area contributed by atoms with Crippen molar-refractivity contribution in [3.63, 3.8) is 0 Å². The second kappa shape index (κ2) is 3.49. The van der Waals surface area contributed by atoms with Crippen LogP contribution in [0.1, 0.15) is 0 Å². The molecule has 8 heteroatoms.